The van der Waals surface area contributed by atoms with E-state index in [2.05, 4.69) is 34.8 Å². The lowest BCUT2D eigenvalue weighted by atomic mass is 10.2. The summed E-state index contributed by atoms with van der Waals surface area (Å²) in [5, 5.41) is 0. The van der Waals surface area contributed by atoms with Crippen LogP contribution in [0.3, 0.4) is 0 Å². The highest BCUT2D eigenvalue weighted by Crippen LogP contribution is 1.98. The highest BCUT2D eigenvalue weighted by atomic mass is 16.5. The van der Waals surface area contributed by atoms with Gasteiger partial charge in [-0.15, -0.1) is 0 Å². The van der Waals surface area contributed by atoms with Gasteiger partial charge in [0.25, 0.3) is 0 Å². The highest BCUT2D eigenvalue weighted by molar-refractivity contribution is 4.65. The van der Waals surface area contributed by atoms with E-state index in [0.717, 1.165) is 26.3 Å². The molecule has 1 rings (SSSR count). The van der Waals surface area contributed by atoms with Crippen molar-refractivity contribution in [1.29, 1.82) is 0 Å². The fraction of sp³-hybridized carbons (Fsp3) is 0.769. The van der Waals surface area contributed by atoms with Crippen LogP contribution in [0.1, 0.15) is 39.5 Å². The molecule has 1 aromatic rings. The molecule has 0 radical (unpaired) electrons. The van der Waals surface area contributed by atoms with Crippen LogP contribution in [0, 0.1) is 0 Å². The maximum atomic E-state index is 5.33. The normalized spacial score (nSPS) is 10.9. The van der Waals surface area contributed by atoms with Crippen LogP contribution in [-0.4, -0.2) is 17.8 Å². The lowest BCUT2D eigenvalue weighted by Gasteiger charge is -1.98. The Balaban J connectivity index is 2.17. The molecule has 0 unspecified atom stereocenters. The zero-order chi connectivity index (χ0) is 11.6. The number of hydrogen-bond donors (Lipinski definition) is 0. The SMILES string of the molecule is CCCCCC[n+]1ccn(CCOCC)c1. The quantitative estimate of drug-likeness (QED) is 0.466. The Bertz CT molecular complexity index is 271. The Morgan fingerprint density at radius 1 is 1.19 bits per heavy atom. The lowest BCUT2D eigenvalue weighted by Crippen LogP contribution is -2.31. The third-order valence-electron chi connectivity index (χ3n) is 2.71. The summed E-state index contributed by atoms with van der Waals surface area (Å²) in [6, 6.07) is 0. The second-order valence-electron chi connectivity index (χ2n) is 4.15. The minimum Gasteiger partial charge on any atom is -0.378 e. The van der Waals surface area contributed by atoms with Crippen LogP contribution in [0.4, 0.5) is 0 Å². The number of imidazole rings is 1. The van der Waals surface area contributed by atoms with Crippen LogP contribution < -0.4 is 4.57 Å². The van der Waals surface area contributed by atoms with Gasteiger partial charge in [-0.05, 0) is 19.8 Å². The first-order valence-corrected chi connectivity index (χ1v) is 6.49. The molecule has 0 saturated carbocycles. The van der Waals surface area contributed by atoms with Gasteiger partial charge in [0.15, 0.2) is 0 Å². The van der Waals surface area contributed by atoms with Gasteiger partial charge in [-0.2, -0.15) is 0 Å². The van der Waals surface area contributed by atoms with Gasteiger partial charge >= 0.3 is 0 Å². The van der Waals surface area contributed by atoms with Crippen LogP contribution >= 0.6 is 0 Å². The fourth-order valence-corrected chi connectivity index (χ4v) is 1.74. The average molecular weight is 225 g/mol. The van der Waals surface area contributed by atoms with Crippen LogP contribution in [0.5, 0.6) is 0 Å². The summed E-state index contributed by atoms with van der Waals surface area (Å²) in [5.41, 5.74) is 0. The molecule has 0 amide bonds. The van der Waals surface area contributed by atoms with Gasteiger partial charge in [-0.3, -0.25) is 0 Å². The summed E-state index contributed by atoms with van der Waals surface area (Å²) in [4.78, 5) is 0. The number of rotatable bonds is 9. The van der Waals surface area contributed by atoms with Gasteiger partial charge in [0.05, 0.1) is 13.2 Å². The van der Waals surface area contributed by atoms with Crippen molar-refractivity contribution in [3.8, 4) is 0 Å². The summed E-state index contributed by atoms with van der Waals surface area (Å²) < 4.78 is 9.79. The second-order valence-corrected chi connectivity index (χ2v) is 4.15. The van der Waals surface area contributed by atoms with Crippen molar-refractivity contribution in [2.45, 2.75) is 52.6 Å². The van der Waals surface area contributed by atoms with Crippen LogP contribution in [0.2, 0.25) is 0 Å². The smallest absolute Gasteiger partial charge is 0.243 e. The van der Waals surface area contributed by atoms with E-state index < -0.39 is 0 Å². The standard InChI is InChI=1S/C13H25N2O/c1-3-5-6-7-8-14-9-10-15(13-14)11-12-16-4-2/h9-10,13H,3-8,11-12H2,1-2H3/q+1. The predicted octanol–water partition coefficient (Wildman–Crippen LogP) is 2.39. The van der Waals surface area contributed by atoms with Crippen molar-refractivity contribution >= 4 is 0 Å². The summed E-state index contributed by atoms with van der Waals surface area (Å²) in [6.07, 6.45) is 11.7. The summed E-state index contributed by atoms with van der Waals surface area (Å²) in [6.45, 7) is 7.98. The maximum Gasteiger partial charge on any atom is 0.243 e. The average Bonchev–Trinajstić information content (AvgIpc) is 2.73. The third-order valence-corrected chi connectivity index (χ3v) is 2.71. The third kappa shape index (κ3) is 5.31. The number of aryl methyl sites for hydroxylation is 1. The molecule has 3 nitrogen and oxygen atoms in total. The van der Waals surface area contributed by atoms with E-state index in [9.17, 15) is 0 Å². The Morgan fingerprint density at radius 3 is 2.81 bits per heavy atom. The zero-order valence-electron chi connectivity index (χ0n) is 10.7. The van der Waals surface area contributed by atoms with Crippen LogP contribution in [0.25, 0.3) is 0 Å². The molecule has 16 heavy (non-hydrogen) atoms. The van der Waals surface area contributed by atoms with E-state index in [1.165, 1.54) is 25.7 Å². The first-order valence-electron chi connectivity index (χ1n) is 6.49. The molecule has 0 aliphatic heterocycles. The van der Waals surface area contributed by atoms with Gasteiger partial charge in [-0.1, -0.05) is 19.8 Å². The molecule has 0 fully saturated rings. The molecule has 0 saturated heterocycles. The highest BCUT2D eigenvalue weighted by Gasteiger charge is 2.02. The van der Waals surface area contributed by atoms with Gasteiger partial charge in [-0.25, -0.2) is 9.13 Å². The first-order chi connectivity index (χ1) is 7.86. The molecule has 0 aromatic carbocycles. The largest absolute Gasteiger partial charge is 0.378 e. The minimum absolute atomic E-state index is 0.804. The van der Waals surface area contributed by atoms with Crippen molar-refractivity contribution < 1.29 is 9.30 Å². The number of aromatic nitrogens is 2. The van der Waals surface area contributed by atoms with Crippen molar-refractivity contribution in [3.05, 3.63) is 18.7 Å². The molecule has 0 aliphatic carbocycles. The molecular formula is C13H25N2O+. The molecule has 0 bridgehead atoms. The van der Waals surface area contributed by atoms with Crippen molar-refractivity contribution in [2.24, 2.45) is 0 Å². The number of nitrogens with zero attached hydrogens (tertiary/aromatic N) is 2. The molecule has 1 heterocycles. The van der Waals surface area contributed by atoms with Gasteiger partial charge in [0.2, 0.25) is 6.33 Å². The van der Waals surface area contributed by atoms with E-state index in [0.29, 0.717) is 0 Å². The minimum atomic E-state index is 0.804. The van der Waals surface area contributed by atoms with Crippen molar-refractivity contribution in [3.63, 3.8) is 0 Å². The molecule has 1 aromatic heterocycles. The van der Waals surface area contributed by atoms with E-state index in [1.807, 2.05) is 6.92 Å². The second kappa shape index (κ2) is 8.34. The Morgan fingerprint density at radius 2 is 2.06 bits per heavy atom. The molecule has 0 atom stereocenters. The van der Waals surface area contributed by atoms with E-state index >= 15 is 0 Å². The number of ether oxygens (including phenoxy) is 1. The fourth-order valence-electron chi connectivity index (χ4n) is 1.74. The van der Waals surface area contributed by atoms with Gasteiger partial charge < -0.3 is 4.74 Å². The molecule has 3 heteroatoms. The predicted molar refractivity (Wildman–Crippen MR) is 65.3 cm³/mol. The lowest BCUT2D eigenvalue weighted by molar-refractivity contribution is -0.696. The van der Waals surface area contributed by atoms with Crippen molar-refractivity contribution in [2.75, 3.05) is 13.2 Å². The zero-order valence-corrected chi connectivity index (χ0v) is 10.7. The van der Waals surface area contributed by atoms with E-state index in [1.54, 1.807) is 0 Å². The van der Waals surface area contributed by atoms with Crippen LogP contribution in [-0.2, 0) is 17.8 Å². The molecule has 0 spiro atoms. The van der Waals surface area contributed by atoms with E-state index in [-0.39, 0.29) is 0 Å². The Hall–Kier alpha value is -0.830. The van der Waals surface area contributed by atoms with Gasteiger partial charge in [0, 0.05) is 6.61 Å². The van der Waals surface area contributed by atoms with Gasteiger partial charge in [0.1, 0.15) is 18.9 Å². The van der Waals surface area contributed by atoms with E-state index in [4.69, 9.17) is 4.74 Å². The topological polar surface area (TPSA) is 18.0 Å². The molecule has 0 N–H and O–H groups in total. The van der Waals surface area contributed by atoms with Crippen molar-refractivity contribution in [1.82, 2.24) is 4.57 Å². The summed E-state index contributed by atoms with van der Waals surface area (Å²) >= 11 is 0. The number of unbranched alkanes of at least 4 members (excludes halogenated alkanes) is 3. The Labute approximate surface area is 99.0 Å². The summed E-state index contributed by atoms with van der Waals surface area (Å²) in [5.74, 6) is 0. The molecular weight excluding hydrogens is 200 g/mol. The molecule has 92 valence electrons. The maximum absolute atomic E-state index is 5.33. The first kappa shape index (κ1) is 13.2. The monoisotopic (exact) mass is 225 g/mol. The summed E-state index contributed by atoms with van der Waals surface area (Å²) in [7, 11) is 0. The number of hydrogen-bond acceptors (Lipinski definition) is 1. The molecule has 0 aliphatic rings. The Kier molecular flexibility index (Phi) is 6.90. The van der Waals surface area contributed by atoms with Crippen LogP contribution in [0.15, 0.2) is 18.7 Å².